The van der Waals surface area contributed by atoms with Gasteiger partial charge in [0.1, 0.15) is 5.82 Å². The van der Waals surface area contributed by atoms with Gasteiger partial charge in [-0.05, 0) is 49.7 Å². The molecule has 0 spiro atoms. The predicted molar refractivity (Wildman–Crippen MR) is 111 cm³/mol. The molecule has 5 nitrogen and oxygen atoms in total. The van der Waals surface area contributed by atoms with Crippen molar-refractivity contribution in [3.05, 3.63) is 67.9 Å². The van der Waals surface area contributed by atoms with Gasteiger partial charge in [0.2, 0.25) is 0 Å². The Balaban J connectivity index is 1.89. The van der Waals surface area contributed by atoms with E-state index >= 15 is 0 Å². The third-order valence-corrected chi connectivity index (χ3v) is 6.20. The van der Waals surface area contributed by atoms with Crippen LogP contribution in [0.3, 0.4) is 0 Å². The molecule has 1 aliphatic heterocycles. The number of hydrogen-bond donors (Lipinski definition) is 2. The number of aryl methyl sites for hydroxylation is 2. The fourth-order valence-corrected chi connectivity index (χ4v) is 4.38. The molecule has 8 heteroatoms. The molecule has 0 radical (unpaired) electrons. The number of anilines is 1. The van der Waals surface area contributed by atoms with Crippen LogP contribution in [0.15, 0.2) is 35.4 Å². The summed E-state index contributed by atoms with van der Waals surface area (Å²) in [6, 6.07) is 6.44. The van der Waals surface area contributed by atoms with Crippen LogP contribution in [-0.2, 0) is 12.6 Å². The third-order valence-electron chi connectivity index (χ3n) is 5.40. The largest absolute Gasteiger partial charge is 0.374 e. The maximum absolute atomic E-state index is 14.8. The lowest BCUT2D eigenvalue weighted by Gasteiger charge is -2.33. The molecule has 2 aromatic carbocycles. The Hall–Kier alpha value is -2.15. The van der Waals surface area contributed by atoms with Gasteiger partial charge in [0, 0.05) is 24.8 Å². The molecule has 1 unspecified atom stereocenters. The lowest BCUT2D eigenvalue weighted by molar-refractivity contribution is 0.495. The highest BCUT2D eigenvalue weighted by Crippen LogP contribution is 2.41. The van der Waals surface area contributed by atoms with Crippen LogP contribution in [0.2, 0.25) is 10.0 Å². The van der Waals surface area contributed by atoms with E-state index in [1.54, 1.807) is 13.1 Å². The normalized spacial score (nSPS) is 19.3. The van der Waals surface area contributed by atoms with Crippen LogP contribution in [0.4, 0.5) is 10.1 Å². The Morgan fingerprint density at radius 1 is 1.29 bits per heavy atom. The maximum Gasteiger partial charge on any atom is 0.261 e. The van der Waals surface area contributed by atoms with E-state index in [2.05, 4.69) is 15.6 Å². The number of benzene rings is 2. The van der Waals surface area contributed by atoms with E-state index in [0.717, 1.165) is 11.3 Å². The lowest BCUT2D eigenvalue weighted by Crippen LogP contribution is -2.39. The zero-order valence-corrected chi connectivity index (χ0v) is 17.0. The minimum Gasteiger partial charge on any atom is -0.374 e. The Labute approximate surface area is 171 Å². The summed E-state index contributed by atoms with van der Waals surface area (Å²) in [6.07, 6.45) is 2.12. The van der Waals surface area contributed by atoms with Crippen molar-refractivity contribution in [1.29, 1.82) is 0 Å². The second-order valence-electron chi connectivity index (χ2n) is 7.14. The zero-order chi connectivity index (χ0) is 20.1. The molecule has 2 N–H and O–H groups in total. The van der Waals surface area contributed by atoms with E-state index in [1.165, 1.54) is 23.0 Å². The summed E-state index contributed by atoms with van der Waals surface area (Å²) < 4.78 is 16.3. The fourth-order valence-electron chi connectivity index (χ4n) is 3.89. The Kier molecular flexibility index (Phi) is 4.81. The number of nitrogens with one attached hydrogen (secondary N) is 2. The lowest BCUT2D eigenvalue weighted by atomic mass is 9.87. The molecule has 1 fully saturated rings. The Bertz CT molecular complexity index is 1140. The summed E-state index contributed by atoms with van der Waals surface area (Å²) in [5.74, 6) is -0.415. The van der Waals surface area contributed by atoms with Gasteiger partial charge in [-0.2, -0.15) is 0 Å². The molecule has 0 aliphatic carbocycles. The van der Waals surface area contributed by atoms with E-state index in [1.807, 2.05) is 13.0 Å². The van der Waals surface area contributed by atoms with Crippen LogP contribution in [-0.4, -0.2) is 22.6 Å². The number of nitrogens with zero attached hydrogens (tertiary/aromatic N) is 2. The topological polar surface area (TPSA) is 59.0 Å². The molecule has 28 heavy (non-hydrogen) atoms. The zero-order valence-electron chi connectivity index (χ0n) is 15.4. The highest BCUT2D eigenvalue weighted by atomic mass is 35.5. The first-order chi connectivity index (χ1) is 13.3. The van der Waals surface area contributed by atoms with Crippen molar-refractivity contribution in [3.8, 4) is 0 Å². The van der Waals surface area contributed by atoms with Crippen molar-refractivity contribution in [2.45, 2.75) is 18.9 Å². The van der Waals surface area contributed by atoms with Gasteiger partial charge >= 0.3 is 0 Å². The highest BCUT2D eigenvalue weighted by molar-refractivity contribution is 6.42. The summed E-state index contributed by atoms with van der Waals surface area (Å²) >= 11 is 12.6. The van der Waals surface area contributed by atoms with Crippen LogP contribution < -0.4 is 16.2 Å². The molecule has 0 saturated carbocycles. The van der Waals surface area contributed by atoms with Gasteiger partial charge in [0.05, 0.1) is 32.8 Å². The highest BCUT2D eigenvalue weighted by Gasteiger charge is 2.40. The standard InChI is InChI=1S/C20H19Cl2FN4O/c1-11-14(5-6-15-16(11)19(28)27(2)10-25-15)26-20(7-8-24-9-20)17-13(23)4-3-12(21)18(17)22/h3-6,10,24,26H,7-9H2,1-2H3. The molecule has 146 valence electrons. The SMILES string of the molecule is Cc1c(NC2(c3c(F)ccc(Cl)c3Cl)CCNC2)ccc2ncn(C)c(=O)c12. The number of hydrogen-bond acceptors (Lipinski definition) is 4. The average Bonchev–Trinajstić information content (AvgIpc) is 3.13. The van der Waals surface area contributed by atoms with E-state index in [-0.39, 0.29) is 10.6 Å². The van der Waals surface area contributed by atoms with Gasteiger partial charge < -0.3 is 15.2 Å². The Morgan fingerprint density at radius 2 is 2.07 bits per heavy atom. The van der Waals surface area contributed by atoms with E-state index in [9.17, 15) is 9.18 Å². The van der Waals surface area contributed by atoms with Crippen LogP contribution in [0, 0.1) is 12.7 Å². The van der Waals surface area contributed by atoms with Crippen molar-refractivity contribution in [1.82, 2.24) is 14.9 Å². The van der Waals surface area contributed by atoms with E-state index in [0.29, 0.717) is 41.0 Å². The summed E-state index contributed by atoms with van der Waals surface area (Å²) in [5.41, 5.74) is 1.55. The smallest absolute Gasteiger partial charge is 0.261 e. The summed E-state index contributed by atoms with van der Waals surface area (Å²) in [7, 11) is 1.66. The van der Waals surface area contributed by atoms with Crippen LogP contribution in [0.25, 0.3) is 10.9 Å². The average molecular weight is 421 g/mol. The van der Waals surface area contributed by atoms with Gasteiger partial charge in [-0.1, -0.05) is 23.2 Å². The van der Waals surface area contributed by atoms with Gasteiger partial charge in [-0.15, -0.1) is 0 Å². The summed E-state index contributed by atoms with van der Waals surface area (Å²) in [4.78, 5) is 16.9. The molecule has 1 atom stereocenters. The second-order valence-corrected chi connectivity index (χ2v) is 7.93. The van der Waals surface area contributed by atoms with Gasteiger partial charge in [0.25, 0.3) is 5.56 Å². The molecule has 0 bridgehead atoms. The first-order valence-electron chi connectivity index (χ1n) is 8.92. The molecular formula is C20H19Cl2FN4O. The monoisotopic (exact) mass is 420 g/mol. The van der Waals surface area contributed by atoms with Gasteiger partial charge in [0.15, 0.2) is 0 Å². The van der Waals surface area contributed by atoms with Crippen molar-refractivity contribution in [2.24, 2.45) is 7.05 Å². The number of halogens is 3. The van der Waals surface area contributed by atoms with Crippen molar-refractivity contribution in [3.63, 3.8) is 0 Å². The molecular weight excluding hydrogens is 402 g/mol. The van der Waals surface area contributed by atoms with Crippen LogP contribution in [0.5, 0.6) is 0 Å². The molecule has 0 amide bonds. The number of fused-ring (bicyclic) bond motifs is 1. The van der Waals surface area contributed by atoms with E-state index < -0.39 is 11.4 Å². The van der Waals surface area contributed by atoms with Crippen LogP contribution in [0.1, 0.15) is 17.5 Å². The van der Waals surface area contributed by atoms with Gasteiger partial charge in [-0.25, -0.2) is 9.37 Å². The minimum atomic E-state index is -0.780. The molecule has 3 aromatic rings. The van der Waals surface area contributed by atoms with E-state index in [4.69, 9.17) is 23.2 Å². The number of aromatic nitrogens is 2. The third kappa shape index (κ3) is 2.96. The predicted octanol–water partition coefficient (Wildman–Crippen LogP) is 3.99. The van der Waals surface area contributed by atoms with Crippen molar-refractivity contribution in [2.75, 3.05) is 18.4 Å². The quantitative estimate of drug-likeness (QED) is 0.628. The Morgan fingerprint density at radius 3 is 2.79 bits per heavy atom. The fraction of sp³-hybridized carbons (Fsp3) is 0.300. The van der Waals surface area contributed by atoms with Crippen molar-refractivity contribution < 1.29 is 4.39 Å². The first kappa shape index (κ1) is 19.2. The molecule has 1 aromatic heterocycles. The minimum absolute atomic E-state index is 0.128. The molecule has 2 heterocycles. The first-order valence-corrected chi connectivity index (χ1v) is 9.67. The molecule has 4 rings (SSSR count). The van der Waals surface area contributed by atoms with Crippen molar-refractivity contribution >= 4 is 39.8 Å². The van der Waals surface area contributed by atoms with Crippen LogP contribution >= 0.6 is 23.2 Å². The summed E-state index contributed by atoms with van der Waals surface area (Å²) in [5, 5.41) is 7.78. The van der Waals surface area contributed by atoms with Gasteiger partial charge in [-0.3, -0.25) is 4.79 Å². The second kappa shape index (κ2) is 7.03. The molecule has 1 aliphatic rings. The molecule has 1 saturated heterocycles. The number of rotatable bonds is 3. The maximum atomic E-state index is 14.8. The summed E-state index contributed by atoms with van der Waals surface area (Å²) in [6.45, 7) is 3.04.